The number of halogens is 2. The highest BCUT2D eigenvalue weighted by atomic mass is 19.3. The van der Waals surface area contributed by atoms with E-state index in [4.69, 9.17) is 0 Å². The van der Waals surface area contributed by atoms with E-state index in [1.165, 1.54) is 18.2 Å². The number of hydrogen-bond donors (Lipinski definition) is 1. The molecular formula is C20H20F2N2O3. The molecule has 0 saturated carbocycles. The van der Waals surface area contributed by atoms with Crippen molar-refractivity contribution < 1.29 is 23.1 Å². The molecule has 142 valence electrons. The number of aryl methyl sites for hydroxylation is 1. The van der Waals surface area contributed by atoms with Crippen molar-refractivity contribution in [2.24, 2.45) is 0 Å². The van der Waals surface area contributed by atoms with Gasteiger partial charge >= 0.3 is 6.61 Å². The molecule has 27 heavy (non-hydrogen) atoms. The summed E-state index contributed by atoms with van der Waals surface area (Å²) in [6.45, 7) is -2.26. The maximum Gasteiger partial charge on any atom is 0.387 e. The molecule has 2 aromatic carbocycles. The highest BCUT2D eigenvalue weighted by molar-refractivity contribution is 5.98. The second-order valence-electron chi connectivity index (χ2n) is 6.16. The quantitative estimate of drug-likeness (QED) is 0.843. The Morgan fingerprint density at radius 1 is 1.11 bits per heavy atom. The number of ether oxygens (including phenoxy) is 1. The van der Waals surface area contributed by atoms with Crippen molar-refractivity contribution in [3.63, 3.8) is 0 Å². The highest BCUT2D eigenvalue weighted by Gasteiger charge is 2.22. The highest BCUT2D eigenvalue weighted by Crippen LogP contribution is 2.27. The first kappa shape index (κ1) is 18.8. The minimum Gasteiger partial charge on any atom is -0.434 e. The fourth-order valence-corrected chi connectivity index (χ4v) is 3.16. The molecule has 5 nitrogen and oxygen atoms in total. The Balaban J connectivity index is 1.58. The molecular weight excluding hydrogens is 354 g/mol. The Bertz CT molecular complexity index is 826. The van der Waals surface area contributed by atoms with Crippen LogP contribution in [-0.2, 0) is 11.2 Å². The van der Waals surface area contributed by atoms with Gasteiger partial charge in [-0.15, -0.1) is 0 Å². The predicted octanol–water partition coefficient (Wildman–Crippen LogP) is 3.39. The van der Waals surface area contributed by atoms with Crippen LogP contribution in [0.3, 0.4) is 0 Å². The molecule has 1 aliphatic heterocycles. The van der Waals surface area contributed by atoms with E-state index in [1.54, 1.807) is 11.0 Å². The van der Waals surface area contributed by atoms with E-state index in [0.29, 0.717) is 6.54 Å². The van der Waals surface area contributed by atoms with Crippen molar-refractivity contribution in [1.29, 1.82) is 0 Å². The third-order valence-electron chi connectivity index (χ3n) is 4.38. The first-order chi connectivity index (χ1) is 13.1. The Kier molecular flexibility index (Phi) is 6.01. The third kappa shape index (κ3) is 4.61. The summed E-state index contributed by atoms with van der Waals surface area (Å²) in [5.74, 6) is -0.834. The lowest BCUT2D eigenvalue weighted by Gasteiger charge is -2.29. The lowest BCUT2D eigenvalue weighted by Crippen LogP contribution is -2.37. The largest absolute Gasteiger partial charge is 0.434 e. The third-order valence-corrected chi connectivity index (χ3v) is 4.38. The second-order valence-corrected chi connectivity index (χ2v) is 6.16. The van der Waals surface area contributed by atoms with Gasteiger partial charge in [0, 0.05) is 25.2 Å². The standard InChI is InChI=1S/C20H20F2N2O3/c21-20(22)27-17-10-4-2-8-15(17)19(26)23-12-11-18(25)24-13-5-7-14-6-1-3-9-16(14)24/h1-4,6,8-10,20H,5,7,11-13H2,(H,23,26). The van der Waals surface area contributed by atoms with Crippen LogP contribution in [0.2, 0.25) is 0 Å². The first-order valence-electron chi connectivity index (χ1n) is 8.76. The van der Waals surface area contributed by atoms with Gasteiger partial charge in [-0.1, -0.05) is 30.3 Å². The molecule has 0 aliphatic carbocycles. The van der Waals surface area contributed by atoms with Crippen molar-refractivity contribution in [3.8, 4) is 5.75 Å². The van der Waals surface area contributed by atoms with Gasteiger partial charge in [0.05, 0.1) is 5.56 Å². The van der Waals surface area contributed by atoms with Crippen LogP contribution < -0.4 is 15.0 Å². The van der Waals surface area contributed by atoms with E-state index in [1.807, 2.05) is 24.3 Å². The van der Waals surface area contributed by atoms with Crippen molar-refractivity contribution in [1.82, 2.24) is 5.32 Å². The van der Waals surface area contributed by atoms with Gasteiger partial charge in [0.15, 0.2) is 0 Å². The summed E-state index contributed by atoms with van der Waals surface area (Å²) in [5.41, 5.74) is 2.06. The lowest BCUT2D eigenvalue weighted by atomic mass is 10.0. The van der Waals surface area contributed by atoms with E-state index >= 15 is 0 Å². The molecule has 0 saturated heterocycles. The van der Waals surface area contributed by atoms with Crippen molar-refractivity contribution in [2.75, 3.05) is 18.0 Å². The van der Waals surface area contributed by atoms with Gasteiger partial charge in [-0.2, -0.15) is 8.78 Å². The molecule has 1 heterocycles. The number of para-hydroxylation sites is 2. The number of carbonyl (C=O) groups excluding carboxylic acids is 2. The minimum atomic E-state index is -3.01. The molecule has 7 heteroatoms. The maximum absolute atomic E-state index is 12.5. The summed E-state index contributed by atoms with van der Waals surface area (Å²) >= 11 is 0. The molecule has 2 amide bonds. The van der Waals surface area contributed by atoms with Gasteiger partial charge in [0.2, 0.25) is 5.91 Å². The van der Waals surface area contributed by atoms with Crippen LogP contribution >= 0.6 is 0 Å². The zero-order chi connectivity index (χ0) is 19.2. The summed E-state index contributed by atoms with van der Waals surface area (Å²) in [7, 11) is 0. The molecule has 0 radical (unpaired) electrons. The smallest absolute Gasteiger partial charge is 0.387 e. The van der Waals surface area contributed by atoms with Crippen LogP contribution in [0.25, 0.3) is 0 Å². The normalized spacial score (nSPS) is 13.2. The summed E-state index contributed by atoms with van der Waals surface area (Å²) in [5, 5.41) is 2.60. The van der Waals surface area contributed by atoms with Crippen molar-refractivity contribution >= 4 is 17.5 Å². The number of carbonyl (C=O) groups is 2. The topological polar surface area (TPSA) is 58.6 Å². The maximum atomic E-state index is 12.5. The average Bonchev–Trinajstić information content (AvgIpc) is 2.67. The molecule has 1 aliphatic rings. The lowest BCUT2D eigenvalue weighted by molar-refractivity contribution is -0.118. The number of amides is 2. The van der Waals surface area contributed by atoms with E-state index in [2.05, 4.69) is 10.1 Å². The number of anilines is 1. The van der Waals surface area contributed by atoms with Crippen LogP contribution in [0.5, 0.6) is 5.75 Å². The van der Waals surface area contributed by atoms with Crippen molar-refractivity contribution in [3.05, 3.63) is 59.7 Å². The molecule has 0 aromatic heterocycles. The van der Waals surface area contributed by atoms with Crippen LogP contribution in [0.4, 0.5) is 14.5 Å². The van der Waals surface area contributed by atoms with E-state index < -0.39 is 12.5 Å². The van der Waals surface area contributed by atoms with Gasteiger partial charge in [0.1, 0.15) is 5.75 Å². The van der Waals surface area contributed by atoms with Gasteiger partial charge in [-0.25, -0.2) is 0 Å². The first-order valence-corrected chi connectivity index (χ1v) is 8.76. The van der Waals surface area contributed by atoms with E-state index in [9.17, 15) is 18.4 Å². The fraction of sp³-hybridized carbons (Fsp3) is 0.300. The molecule has 0 unspecified atom stereocenters. The number of rotatable bonds is 6. The average molecular weight is 374 g/mol. The van der Waals surface area contributed by atoms with Crippen molar-refractivity contribution in [2.45, 2.75) is 25.9 Å². The van der Waals surface area contributed by atoms with Gasteiger partial charge in [-0.3, -0.25) is 9.59 Å². The van der Waals surface area contributed by atoms with E-state index in [-0.39, 0.29) is 30.2 Å². The zero-order valence-electron chi connectivity index (χ0n) is 14.7. The fourth-order valence-electron chi connectivity index (χ4n) is 3.16. The van der Waals surface area contributed by atoms with E-state index in [0.717, 1.165) is 24.1 Å². The van der Waals surface area contributed by atoms with Crippen LogP contribution in [-0.4, -0.2) is 31.5 Å². The molecule has 0 spiro atoms. The van der Waals surface area contributed by atoms with Gasteiger partial charge in [0.25, 0.3) is 5.91 Å². The number of fused-ring (bicyclic) bond motifs is 1. The number of nitrogens with zero attached hydrogens (tertiary/aromatic N) is 1. The number of alkyl halides is 2. The molecule has 3 rings (SSSR count). The summed E-state index contributed by atoms with van der Waals surface area (Å²) in [6, 6.07) is 13.5. The van der Waals surface area contributed by atoms with Crippen LogP contribution in [0.1, 0.15) is 28.8 Å². The Hall–Kier alpha value is -2.96. The number of nitrogens with one attached hydrogen (secondary N) is 1. The molecule has 1 N–H and O–H groups in total. The summed E-state index contributed by atoms with van der Waals surface area (Å²) in [6.07, 6.45) is 1.96. The molecule has 0 fully saturated rings. The Labute approximate surface area is 155 Å². The summed E-state index contributed by atoms with van der Waals surface area (Å²) in [4.78, 5) is 26.5. The van der Waals surface area contributed by atoms with Gasteiger partial charge in [-0.05, 0) is 36.6 Å². The Morgan fingerprint density at radius 3 is 2.67 bits per heavy atom. The monoisotopic (exact) mass is 374 g/mol. The Morgan fingerprint density at radius 2 is 1.85 bits per heavy atom. The number of hydrogen-bond acceptors (Lipinski definition) is 3. The molecule has 0 atom stereocenters. The van der Waals surface area contributed by atoms with Gasteiger partial charge < -0.3 is 15.0 Å². The van der Waals surface area contributed by atoms with Crippen LogP contribution in [0, 0.1) is 0 Å². The SMILES string of the molecule is O=C(NCCC(=O)N1CCCc2ccccc21)c1ccccc1OC(F)F. The summed E-state index contributed by atoms with van der Waals surface area (Å²) < 4.78 is 29.2. The minimum absolute atomic E-state index is 0.00793. The van der Waals surface area contributed by atoms with Crippen LogP contribution in [0.15, 0.2) is 48.5 Å². The molecule has 0 bridgehead atoms. The molecule has 2 aromatic rings. The second kappa shape index (κ2) is 8.62. The number of benzene rings is 2. The predicted molar refractivity (Wildman–Crippen MR) is 97.1 cm³/mol. The zero-order valence-corrected chi connectivity index (χ0v) is 14.7.